The Bertz CT molecular complexity index is 1050. The van der Waals surface area contributed by atoms with Gasteiger partial charge in [0.25, 0.3) is 0 Å². The van der Waals surface area contributed by atoms with Crippen molar-refractivity contribution in [3.05, 3.63) is 95.8 Å². The summed E-state index contributed by atoms with van der Waals surface area (Å²) in [5.74, 6) is 1.49. The van der Waals surface area contributed by atoms with Crippen LogP contribution in [0.15, 0.2) is 78.9 Å². The number of anilines is 2. The molecule has 0 bridgehead atoms. The Morgan fingerprint density at radius 2 is 1.46 bits per heavy atom. The molecule has 0 spiro atoms. The highest BCUT2D eigenvalue weighted by molar-refractivity contribution is 5.91. The van der Waals surface area contributed by atoms with Gasteiger partial charge < -0.3 is 5.32 Å². The predicted molar refractivity (Wildman–Crippen MR) is 109 cm³/mol. The summed E-state index contributed by atoms with van der Waals surface area (Å²) in [7, 11) is 0. The van der Waals surface area contributed by atoms with Crippen molar-refractivity contribution in [1.82, 2.24) is 9.97 Å². The van der Waals surface area contributed by atoms with Crippen molar-refractivity contribution in [1.29, 1.82) is 0 Å². The summed E-state index contributed by atoms with van der Waals surface area (Å²) in [6.45, 7) is 2.08. The number of hydrogen-bond donors (Lipinski definition) is 1. The van der Waals surface area contributed by atoms with Gasteiger partial charge >= 0.3 is 0 Å². The van der Waals surface area contributed by atoms with Gasteiger partial charge in [-0.15, -0.1) is 0 Å². The molecule has 3 heteroatoms. The second kappa shape index (κ2) is 7.19. The first kappa shape index (κ1) is 16.0. The van der Waals surface area contributed by atoms with Crippen molar-refractivity contribution < 1.29 is 0 Å². The molecule has 1 N–H and O–H groups in total. The fraction of sp³-hybridized carbons (Fsp3) is 0.0435. The van der Waals surface area contributed by atoms with E-state index in [1.807, 2.05) is 54.6 Å². The summed E-state index contributed by atoms with van der Waals surface area (Å²) in [6, 6.07) is 26.5. The summed E-state index contributed by atoms with van der Waals surface area (Å²) in [6.07, 6.45) is 3.97. The lowest BCUT2D eigenvalue weighted by molar-refractivity contribution is 1.18. The van der Waals surface area contributed by atoms with Gasteiger partial charge in [0.05, 0.1) is 5.52 Å². The smallest absolute Gasteiger partial charge is 0.154 e. The number of benzene rings is 3. The predicted octanol–water partition coefficient (Wildman–Crippen LogP) is 5.85. The van der Waals surface area contributed by atoms with Crippen molar-refractivity contribution in [3.8, 4) is 0 Å². The molecule has 0 unspecified atom stereocenters. The minimum absolute atomic E-state index is 0.683. The van der Waals surface area contributed by atoms with Crippen molar-refractivity contribution in [3.63, 3.8) is 0 Å². The van der Waals surface area contributed by atoms with Crippen LogP contribution in [0.2, 0.25) is 0 Å². The summed E-state index contributed by atoms with van der Waals surface area (Å²) in [5, 5.41) is 4.43. The van der Waals surface area contributed by atoms with Gasteiger partial charge in [-0.2, -0.15) is 0 Å². The number of aromatic nitrogens is 2. The number of nitrogens with one attached hydrogen (secondary N) is 1. The van der Waals surface area contributed by atoms with Crippen LogP contribution in [0, 0.1) is 6.92 Å². The molecule has 4 aromatic rings. The van der Waals surface area contributed by atoms with Crippen LogP contribution in [-0.4, -0.2) is 9.97 Å². The third-order valence-corrected chi connectivity index (χ3v) is 4.16. The average molecular weight is 337 g/mol. The average Bonchev–Trinajstić information content (AvgIpc) is 2.69. The number of fused-ring (bicyclic) bond motifs is 1. The normalized spacial score (nSPS) is 11.1. The molecule has 4 rings (SSSR count). The summed E-state index contributed by atoms with van der Waals surface area (Å²) < 4.78 is 0. The first-order valence-corrected chi connectivity index (χ1v) is 8.61. The van der Waals surface area contributed by atoms with Crippen LogP contribution in [0.25, 0.3) is 23.1 Å². The Hall–Kier alpha value is -3.46. The Morgan fingerprint density at radius 1 is 0.731 bits per heavy atom. The first-order chi connectivity index (χ1) is 12.8. The Labute approximate surface area is 153 Å². The third-order valence-electron chi connectivity index (χ3n) is 4.16. The lowest BCUT2D eigenvalue weighted by Crippen LogP contribution is -1.99. The number of aryl methyl sites for hydroxylation is 1. The number of rotatable bonds is 4. The van der Waals surface area contributed by atoms with Gasteiger partial charge in [-0.3, -0.25) is 0 Å². The first-order valence-electron chi connectivity index (χ1n) is 8.61. The fourth-order valence-electron chi connectivity index (χ4n) is 2.77. The molecule has 0 radical (unpaired) electrons. The van der Waals surface area contributed by atoms with E-state index in [1.165, 1.54) is 5.56 Å². The second-order valence-electron chi connectivity index (χ2n) is 6.18. The molecular weight excluding hydrogens is 318 g/mol. The molecule has 26 heavy (non-hydrogen) atoms. The molecule has 0 saturated heterocycles. The molecule has 126 valence electrons. The van der Waals surface area contributed by atoms with E-state index in [0.717, 1.165) is 28.0 Å². The number of para-hydroxylation sites is 1. The van der Waals surface area contributed by atoms with E-state index >= 15 is 0 Å². The molecule has 3 nitrogen and oxygen atoms in total. The largest absolute Gasteiger partial charge is 0.340 e. The number of nitrogens with zero attached hydrogens (tertiary/aromatic N) is 2. The summed E-state index contributed by atoms with van der Waals surface area (Å²) in [4.78, 5) is 9.39. The SMILES string of the molecule is Cc1ccc(Nc2nc(/C=C/c3ccccc3)nc3ccccc23)cc1. The van der Waals surface area contributed by atoms with E-state index in [9.17, 15) is 0 Å². The van der Waals surface area contributed by atoms with Crippen LogP contribution < -0.4 is 5.32 Å². The second-order valence-corrected chi connectivity index (χ2v) is 6.18. The molecule has 0 amide bonds. The topological polar surface area (TPSA) is 37.8 Å². The van der Waals surface area contributed by atoms with Crippen molar-refractivity contribution >= 4 is 34.6 Å². The highest BCUT2D eigenvalue weighted by atomic mass is 15.0. The van der Waals surface area contributed by atoms with Crippen LogP contribution in [0.3, 0.4) is 0 Å². The van der Waals surface area contributed by atoms with Gasteiger partial charge in [0.1, 0.15) is 5.82 Å². The van der Waals surface area contributed by atoms with E-state index in [1.54, 1.807) is 0 Å². The monoisotopic (exact) mass is 337 g/mol. The van der Waals surface area contributed by atoms with Crippen molar-refractivity contribution in [2.75, 3.05) is 5.32 Å². The van der Waals surface area contributed by atoms with E-state index in [-0.39, 0.29) is 0 Å². The zero-order valence-corrected chi connectivity index (χ0v) is 14.6. The van der Waals surface area contributed by atoms with Gasteiger partial charge in [0.2, 0.25) is 0 Å². The van der Waals surface area contributed by atoms with Gasteiger partial charge in [-0.1, -0.05) is 66.2 Å². The highest BCUT2D eigenvalue weighted by Crippen LogP contribution is 2.24. The molecule has 3 aromatic carbocycles. The molecule has 0 aliphatic carbocycles. The fourth-order valence-corrected chi connectivity index (χ4v) is 2.77. The zero-order valence-electron chi connectivity index (χ0n) is 14.6. The van der Waals surface area contributed by atoms with E-state index in [0.29, 0.717) is 5.82 Å². The standard InChI is InChI=1S/C23H19N3/c1-17-11-14-19(15-12-17)24-23-20-9-5-6-10-21(20)25-22(26-23)16-13-18-7-3-2-4-8-18/h2-16H,1H3,(H,24,25,26)/b16-13+. The van der Waals surface area contributed by atoms with Gasteiger partial charge in [-0.05, 0) is 42.8 Å². The van der Waals surface area contributed by atoms with Crippen molar-refractivity contribution in [2.45, 2.75) is 6.92 Å². The van der Waals surface area contributed by atoms with E-state index < -0.39 is 0 Å². The Morgan fingerprint density at radius 3 is 2.27 bits per heavy atom. The minimum Gasteiger partial charge on any atom is -0.340 e. The minimum atomic E-state index is 0.683. The highest BCUT2D eigenvalue weighted by Gasteiger charge is 2.06. The lowest BCUT2D eigenvalue weighted by Gasteiger charge is -2.10. The van der Waals surface area contributed by atoms with Crippen molar-refractivity contribution in [2.24, 2.45) is 0 Å². The Kier molecular flexibility index (Phi) is 4.44. The molecule has 1 heterocycles. The molecule has 1 aromatic heterocycles. The van der Waals surface area contributed by atoms with E-state index in [2.05, 4.69) is 53.6 Å². The van der Waals surface area contributed by atoms with Gasteiger partial charge in [0, 0.05) is 11.1 Å². The molecule has 0 aliphatic heterocycles. The molecule has 0 aliphatic rings. The molecule has 0 atom stereocenters. The van der Waals surface area contributed by atoms with Gasteiger partial charge in [0.15, 0.2) is 5.82 Å². The van der Waals surface area contributed by atoms with Crippen LogP contribution in [0.5, 0.6) is 0 Å². The lowest BCUT2D eigenvalue weighted by atomic mass is 10.2. The maximum Gasteiger partial charge on any atom is 0.154 e. The van der Waals surface area contributed by atoms with E-state index in [4.69, 9.17) is 4.98 Å². The van der Waals surface area contributed by atoms with Crippen LogP contribution in [0.4, 0.5) is 11.5 Å². The zero-order chi connectivity index (χ0) is 17.8. The van der Waals surface area contributed by atoms with Crippen LogP contribution >= 0.6 is 0 Å². The van der Waals surface area contributed by atoms with Gasteiger partial charge in [-0.25, -0.2) is 9.97 Å². The van der Waals surface area contributed by atoms with Crippen LogP contribution in [-0.2, 0) is 0 Å². The van der Waals surface area contributed by atoms with Crippen LogP contribution in [0.1, 0.15) is 17.0 Å². The summed E-state index contributed by atoms with van der Waals surface area (Å²) in [5.41, 5.74) is 4.29. The molecular formula is C23H19N3. The quantitative estimate of drug-likeness (QED) is 0.507. The molecule has 0 saturated carbocycles. The molecule has 0 fully saturated rings. The summed E-state index contributed by atoms with van der Waals surface area (Å²) >= 11 is 0. The maximum absolute atomic E-state index is 4.72. The number of hydrogen-bond acceptors (Lipinski definition) is 3. The maximum atomic E-state index is 4.72. The Balaban J connectivity index is 1.73. The third kappa shape index (κ3) is 3.62.